The molecule has 14 heavy (non-hydrogen) atoms. The molecule has 3 N–H and O–H groups in total. The predicted octanol–water partition coefficient (Wildman–Crippen LogP) is 2.24. The van der Waals surface area contributed by atoms with Crippen molar-refractivity contribution < 1.29 is 0 Å². The zero-order valence-electron chi connectivity index (χ0n) is 8.88. The Morgan fingerprint density at radius 2 is 2.29 bits per heavy atom. The van der Waals surface area contributed by atoms with Crippen molar-refractivity contribution in [1.29, 1.82) is 0 Å². The van der Waals surface area contributed by atoms with Gasteiger partial charge in [-0.15, -0.1) is 0 Å². The van der Waals surface area contributed by atoms with Gasteiger partial charge in [0.25, 0.3) is 0 Å². The highest BCUT2D eigenvalue weighted by molar-refractivity contribution is 5.60. The standard InChI is InChI=1S/C12H18N2/c1-8-4-3-5-11-10(7-13)6-9(2)14-12(8)11/h3-5,9-10,14H,6-7,13H2,1-2H3. The van der Waals surface area contributed by atoms with Gasteiger partial charge in [0.2, 0.25) is 0 Å². The van der Waals surface area contributed by atoms with Crippen LogP contribution >= 0.6 is 0 Å². The van der Waals surface area contributed by atoms with Crippen LogP contribution < -0.4 is 11.1 Å². The summed E-state index contributed by atoms with van der Waals surface area (Å²) < 4.78 is 0. The minimum absolute atomic E-state index is 0.529. The van der Waals surface area contributed by atoms with E-state index in [0.29, 0.717) is 12.0 Å². The maximum atomic E-state index is 5.80. The van der Waals surface area contributed by atoms with Gasteiger partial charge in [-0.05, 0) is 37.9 Å². The lowest BCUT2D eigenvalue weighted by Gasteiger charge is -2.31. The van der Waals surface area contributed by atoms with Crippen molar-refractivity contribution in [2.24, 2.45) is 5.73 Å². The Bertz CT molecular complexity index is 333. The molecule has 2 nitrogen and oxygen atoms in total. The molecule has 1 aromatic rings. The fourth-order valence-corrected chi connectivity index (χ4v) is 2.31. The molecule has 1 aromatic carbocycles. The summed E-state index contributed by atoms with van der Waals surface area (Å²) in [5.41, 5.74) is 9.83. The van der Waals surface area contributed by atoms with E-state index < -0.39 is 0 Å². The molecule has 1 aliphatic heterocycles. The monoisotopic (exact) mass is 190 g/mol. The van der Waals surface area contributed by atoms with Crippen LogP contribution in [0.1, 0.15) is 30.4 Å². The average molecular weight is 190 g/mol. The fourth-order valence-electron chi connectivity index (χ4n) is 2.31. The summed E-state index contributed by atoms with van der Waals surface area (Å²) in [6, 6.07) is 7.00. The number of hydrogen-bond acceptors (Lipinski definition) is 2. The third-order valence-corrected chi connectivity index (χ3v) is 3.06. The number of benzene rings is 1. The van der Waals surface area contributed by atoms with Crippen LogP contribution in [-0.2, 0) is 0 Å². The third-order valence-electron chi connectivity index (χ3n) is 3.06. The third kappa shape index (κ3) is 1.50. The van der Waals surface area contributed by atoms with Crippen molar-refractivity contribution in [2.75, 3.05) is 11.9 Å². The molecule has 0 spiro atoms. The van der Waals surface area contributed by atoms with Gasteiger partial charge in [0.05, 0.1) is 0 Å². The first-order valence-corrected chi connectivity index (χ1v) is 5.28. The smallest absolute Gasteiger partial charge is 0.0407 e. The largest absolute Gasteiger partial charge is 0.382 e. The van der Waals surface area contributed by atoms with Crippen LogP contribution in [0, 0.1) is 6.92 Å². The SMILES string of the molecule is Cc1cccc2c1NC(C)CC2CN. The minimum atomic E-state index is 0.529. The van der Waals surface area contributed by atoms with Crippen LogP contribution in [0.15, 0.2) is 18.2 Å². The second-order valence-corrected chi connectivity index (χ2v) is 4.25. The summed E-state index contributed by atoms with van der Waals surface area (Å²) in [5, 5.41) is 3.54. The van der Waals surface area contributed by atoms with E-state index in [0.717, 1.165) is 13.0 Å². The molecule has 0 aliphatic carbocycles. The number of nitrogens with two attached hydrogens (primary N) is 1. The van der Waals surface area contributed by atoms with Gasteiger partial charge < -0.3 is 11.1 Å². The summed E-state index contributed by atoms with van der Waals surface area (Å²) in [6.45, 7) is 5.12. The van der Waals surface area contributed by atoms with Crippen molar-refractivity contribution in [3.63, 3.8) is 0 Å². The van der Waals surface area contributed by atoms with Crippen molar-refractivity contribution >= 4 is 5.69 Å². The number of rotatable bonds is 1. The van der Waals surface area contributed by atoms with E-state index in [-0.39, 0.29) is 0 Å². The van der Waals surface area contributed by atoms with E-state index in [2.05, 4.69) is 37.4 Å². The number of aryl methyl sites for hydroxylation is 1. The van der Waals surface area contributed by atoms with Crippen LogP contribution in [0.4, 0.5) is 5.69 Å². The average Bonchev–Trinajstić information content (AvgIpc) is 2.18. The predicted molar refractivity (Wildman–Crippen MR) is 60.7 cm³/mol. The Hall–Kier alpha value is -1.02. The van der Waals surface area contributed by atoms with E-state index in [1.165, 1.54) is 16.8 Å². The highest BCUT2D eigenvalue weighted by Crippen LogP contribution is 2.35. The number of para-hydroxylation sites is 1. The zero-order valence-corrected chi connectivity index (χ0v) is 8.88. The highest BCUT2D eigenvalue weighted by Gasteiger charge is 2.23. The molecule has 2 unspecified atom stereocenters. The molecule has 0 bridgehead atoms. The Kier molecular flexibility index (Phi) is 2.46. The van der Waals surface area contributed by atoms with Gasteiger partial charge in [-0.3, -0.25) is 0 Å². The van der Waals surface area contributed by atoms with E-state index in [4.69, 9.17) is 5.73 Å². The highest BCUT2D eigenvalue weighted by atomic mass is 14.9. The maximum absolute atomic E-state index is 5.80. The summed E-state index contributed by atoms with van der Waals surface area (Å²) in [6.07, 6.45) is 1.15. The van der Waals surface area contributed by atoms with Crippen molar-refractivity contribution in [3.8, 4) is 0 Å². The fraction of sp³-hybridized carbons (Fsp3) is 0.500. The molecule has 0 fully saturated rings. The van der Waals surface area contributed by atoms with Crippen molar-refractivity contribution in [1.82, 2.24) is 0 Å². The number of fused-ring (bicyclic) bond motifs is 1. The van der Waals surface area contributed by atoms with Crippen LogP contribution in [0.2, 0.25) is 0 Å². The first-order valence-electron chi connectivity index (χ1n) is 5.28. The molecule has 76 valence electrons. The summed E-state index contributed by atoms with van der Waals surface area (Å²) in [5.74, 6) is 0.529. The topological polar surface area (TPSA) is 38.0 Å². The Labute approximate surface area is 85.5 Å². The second-order valence-electron chi connectivity index (χ2n) is 4.25. The minimum Gasteiger partial charge on any atom is -0.382 e. The molecular formula is C12H18N2. The van der Waals surface area contributed by atoms with E-state index in [1.807, 2.05) is 0 Å². The number of nitrogens with one attached hydrogen (secondary N) is 1. The summed E-state index contributed by atoms with van der Waals surface area (Å²) in [7, 11) is 0. The van der Waals surface area contributed by atoms with Crippen LogP contribution in [0.25, 0.3) is 0 Å². The molecule has 0 amide bonds. The summed E-state index contributed by atoms with van der Waals surface area (Å²) >= 11 is 0. The molecule has 1 heterocycles. The van der Waals surface area contributed by atoms with Gasteiger partial charge in [0.1, 0.15) is 0 Å². The molecule has 2 heteroatoms. The Morgan fingerprint density at radius 3 is 3.00 bits per heavy atom. The molecule has 0 saturated carbocycles. The van der Waals surface area contributed by atoms with Gasteiger partial charge in [-0.1, -0.05) is 18.2 Å². The first-order chi connectivity index (χ1) is 6.72. The lowest BCUT2D eigenvalue weighted by Crippen LogP contribution is -2.29. The second kappa shape index (κ2) is 3.62. The summed E-state index contributed by atoms with van der Waals surface area (Å²) in [4.78, 5) is 0. The molecule has 0 saturated heterocycles. The normalized spacial score (nSPS) is 25.4. The number of hydrogen-bond donors (Lipinski definition) is 2. The molecule has 0 radical (unpaired) electrons. The zero-order chi connectivity index (χ0) is 10.1. The lowest BCUT2D eigenvalue weighted by atomic mass is 9.86. The van der Waals surface area contributed by atoms with Gasteiger partial charge >= 0.3 is 0 Å². The van der Waals surface area contributed by atoms with Gasteiger partial charge in [-0.25, -0.2) is 0 Å². The van der Waals surface area contributed by atoms with Crippen LogP contribution in [0.5, 0.6) is 0 Å². The molecule has 2 rings (SSSR count). The Morgan fingerprint density at radius 1 is 1.50 bits per heavy atom. The molecule has 0 aromatic heterocycles. The van der Waals surface area contributed by atoms with Crippen LogP contribution in [-0.4, -0.2) is 12.6 Å². The van der Waals surface area contributed by atoms with Crippen LogP contribution in [0.3, 0.4) is 0 Å². The van der Waals surface area contributed by atoms with Crippen molar-refractivity contribution in [3.05, 3.63) is 29.3 Å². The Balaban J connectivity index is 2.45. The van der Waals surface area contributed by atoms with E-state index in [9.17, 15) is 0 Å². The quantitative estimate of drug-likeness (QED) is 0.712. The van der Waals surface area contributed by atoms with Gasteiger partial charge in [0, 0.05) is 17.6 Å². The molecular weight excluding hydrogens is 172 g/mol. The number of anilines is 1. The van der Waals surface area contributed by atoms with E-state index >= 15 is 0 Å². The van der Waals surface area contributed by atoms with Crippen molar-refractivity contribution in [2.45, 2.75) is 32.2 Å². The molecule has 1 aliphatic rings. The van der Waals surface area contributed by atoms with Gasteiger partial charge in [-0.2, -0.15) is 0 Å². The first kappa shape index (κ1) is 9.53. The van der Waals surface area contributed by atoms with Gasteiger partial charge in [0.15, 0.2) is 0 Å². The molecule has 2 atom stereocenters. The lowest BCUT2D eigenvalue weighted by molar-refractivity contribution is 0.560. The maximum Gasteiger partial charge on any atom is 0.0407 e. The van der Waals surface area contributed by atoms with E-state index in [1.54, 1.807) is 0 Å².